The van der Waals surface area contributed by atoms with Gasteiger partial charge >= 0.3 is 0 Å². The van der Waals surface area contributed by atoms with Gasteiger partial charge in [-0.15, -0.1) is 0 Å². The van der Waals surface area contributed by atoms with Gasteiger partial charge in [-0.3, -0.25) is 14.6 Å². The maximum absolute atomic E-state index is 12.1. The van der Waals surface area contributed by atoms with Gasteiger partial charge in [-0.05, 0) is 12.1 Å². The third-order valence-corrected chi connectivity index (χ3v) is 7.64. The van der Waals surface area contributed by atoms with E-state index < -0.39 is 6.61 Å². The van der Waals surface area contributed by atoms with E-state index in [4.69, 9.17) is 58.4 Å². The minimum Gasteiger partial charge on any atom is -0.398 e. The number of hydrogen-bond donors (Lipinski definition) is 5. The molecule has 0 radical (unpaired) electrons. The lowest BCUT2D eigenvalue weighted by molar-refractivity contribution is -0.135. The van der Waals surface area contributed by atoms with Crippen molar-refractivity contribution in [1.82, 2.24) is 15.2 Å². The summed E-state index contributed by atoms with van der Waals surface area (Å²) in [6, 6.07) is 1.67. The van der Waals surface area contributed by atoms with Crippen LogP contribution in [0.2, 0.25) is 10.0 Å². The van der Waals surface area contributed by atoms with Crippen LogP contribution in [0.4, 0.5) is 0 Å². The highest BCUT2D eigenvalue weighted by Crippen LogP contribution is 2.39. The Labute approximate surface area is 278 Å². The zero-order chi connectivity index (χ0) is 33.1. The highest BCUT2D eigenvalue weighted by Gasteiger charge is 2.27. The number of amides is 2. The molecule has 0 atom stereocenters. The summed E-state index contributed by atoms with van der Waals surface area (Å²) in [5.74, 6) is -0.620. The van der Waals surface area contributed by atoms with Gasteiger partial charge < -0.3 is 55.5 Å². The molecule has 1 aromatic carbocycles. The van der Waals surface area contributed by atoms with E-state index in [1.807, 2.05) is 0 Å². The minimum atomic E-state index is -0.562. The number of halogens is 2. The Morgan fingerprint density at radius 2 is 1.61 bits per heavy atom. The number of benzene rings is 1. The van der Waals surface area contributed by atoms with Crippen LogP contribution in [0.3, 0.4) is 0 Å². The number of carbonyl (C=O) groups is 2. The van der Waals surface area contributed by atoms with E-state index in [0.717, 1.165) is 16.6 Å². The van der Waals surface area contributed by atoms with E-state index in [0.29, 0.717) is 125 Å². The molecule has 16 heteroatoms. The first-order valence-electron chi connectivity index (χ1n) is 15.1. The zero-order valence-corrected chi connectivity index (χ0v) is 27.4. The molecule has 1 aliphatic rings. The molecule has 0 unspecified atom stereocenters. The summed E-state index contributed by atoms with van der Waals surface area (Å²) >= 11 is 12.9. The molecule has 0 saturated heterocycles. The predicted molar refractivity (Wildman–Crippen MR) is 176 cm³/mol. The number of H-pyrrole nitrogens is 1. The molecule has 256 valence electrons. The van der Waals surface area contributed by atoms with Crippen molar-refractivity contribution in [2.75, 3.05) is 98.9 Å². The predicted octanol–water partition coefficient (Wildman–Crippen LogP) is 0.880. The van der Waals surface area contributed by atoms with Crippen molar-refractivity contribution in [3.63, 3.8) is 0 Å². The fourth-order valence-electron chi connectivity index (χ4n) is 4.62. The fourth-order valence-corrected chi connectivity index (χ4v) is 5.02. The number of ether oxygens (including phenoxy) is 5. The molecule has 14 nitrogen and oxygen atoms in total. The van der Waals surface area contributed by atoms with Crippen LogP contribution in [-0.4, -0.2) is 132 Å². The summed E-state index contributed by atoms with van der Waals surface area (Å²) in [6.45, 7) is 5.56. The molecule has 7 N–H and O–H groups in total. The van der Waals surface area contributed by atoms with E-state index >= 15 is 0 Å². The van der Waals surface area contributed by atoms with Crippen LogP contribution in [0.25, 0.3) is 16.6 Å². The normalized spacial score (nSPS) is 13.6. The highest BCUT2D eigenvalue weighted by atomic mass is 35.5. The van der Waals surface area contributed by atoms with Crippen molar-refractivity contribution in [2.24, 2.45) is 16.5 Å². The van der Waals surface area contributed by atoms with Gasteiger partial charge in [0.15, 0.2) is 0 Å². The number of aromatic nitrogens is 1. The summed E-state index contributed by atoms with van der Waals surface area (Å²) < 4.78 is 26.9. The Bertz CT molecular complexity index is 1320. The summed E-state index contributed by atoms with van der Waals surface area (Å²) in [5.41, 5.74) is 15.1. The van der Waals surface area contributed by atoms with Gasteiger partial charge in [0.05, 0.1) is 81.6 Å². The van der Waals surface area contributed by atoms with Gasteiger partial charge in [-0.25, -0.2) is 0 Å². The number of aromatic amines is 1. The standard InChI is InChI=1S/C30H44Cl2N6O8/c31-23-17-21(28-22-19-38(27(41)20-39)6-2-25(22)37-30(28)29(23)32)24(34)1-4-35-18-26(40)36-5-8-43-10-12-45-14-16-46-15-13-44-11-9-42-7-3-33/h1,4,17,37,39H,2-3,5-16,18-20,33-34H2,(H,36,40)/b24-1-,35-4?. The number of nitrogens with one attached hydrogen (secondary N) is 2. The summed E-state index contributed by atoms with van der Waals surface area (Å²) in [5, 5.41) is 13.5. The fraction of sp³-hybridized carbons (Fsp3) is 0.567. The number of aliphatic hydroxyl groups is 1. The number of aliphatic imine (C=N–C) groups is 1. The van der Waals surface area contributed by atoms with Crippen molar-refractivity contribution < 1.29 is 38.4 Å². The van der Waals surface area contributed by atoms with E-state index in [2.05, 4.69) is 15.3 Å². The molecule has 2 heterocycles. The van der Waals surface area contributed by atoms with Gasteiger partial charge in [0.1, 0.15) is 13.2 Å². The summed E-state index contributed by atoms with van der Waals surface area (Å²) in [7, 11) is 0. The molecule has 1 aromatic heterocycles. The molecule has 0 fully saturated rings. The Morgan fingerprint density at radius 3 is 2.22 bits per heavy atom. The molecule has 1 aliphatic heterocycles. The maximum Gasteiger partial charge on any atom is 0.248 e. The second-order valence-electron chi connectivity index (χ2n) is 10.1. The van der Waals surface area contributed by atoms with Crippen molar-refractivity contribution in [2.45, 2.75) is 13.0 Å². The zero-order valence-electron chi connectivity index (χ0n) is 25.9. The van der Waals surface area contributed by atoms with Crippen LogP contribution in [0.15, 0.2) is 17.1 Å². The van der Waals surface area contributed by atoms with Gasteiger partial charge in [-0.2, -0.15) is 0 Å². The number of carbonyl (C=O) groups excluding carboxylic acids is 2. The third-order valence-electron chi connectivity index (χ3n) is 6.85. The Kier molecular flexibility index (Phi) is 17.3. The Morgan fingerprint density at radius 1 is 1.00 bits per heavy atom. The van der Waals surface area contributed by atoms with Crippen LogP contribution in [0, 0.1) is 0 Å². The minimum absolute atomic E-state index is 0.0887. The smallest absolute Gasteiger partial charge is 0.248 e. The summed E-state index contributed by atoms with van der Waals surface area (Å²) in [6.07, 6.45) is 3.60. The lowest BCUT2D eigenvalue weighted by Gasteiger charge is -2.27. The van der Waals surface area contributed by atoms with Crippen LogP contribution in [0.5, 0.6) is 0 Å². The van der Waals surface area contributed by atoms with Crippen molar-refractivity contribution >= 4 is 57.8 Å². The van der Waals surface area contributed by atoms with E-state index in [-0.39, 0.29) is 18.4 Å². The maximum atomic E-state index is 12.1. The number of nitrogens with two attached hydrogens (primary N) is 2. The molecule has 0 saturated carbocycles. The van der Waals surface area contributed by atoms with Gasteiger partial charge in [0, 0.05) is 66.7 Å². The SMILES string of the molecule is NCCOCCOCCOCCOCCOCCNC(=O)CN=C/C=C(\N)c1cc(Cl)c(Cl)c2[nH]c3c(c12)CN(C(=O)CO)CC3. The van der Waals surface area contributed by atoms with Crippen LogP contribution in [-0.2, 0) is 46.2 Å². The third kappa shape index (κ3) is 12.1. The lowest BCUT2D eigenvalue weighted by Crippen LogP contribution is -2.37. The number of rotatable bonds is 22. The lowest BCUT2D eigenvalue weighted by atomic mass is 9.99. The second kappa shape index (κ2) is 21.2. The number of fused-ring (bicyclic) bond motifs is 3. The first-order chi connectivity index (χ1) is 22.4. The Hall–Kier alpha value is -2.79. The topological polar surface area (TPSA) is 196 Å². The first kappa shape index (κ1) is 37.7. The van der Waals surface area contributed by atoms with Crippen molar-refractivity contribution in [3.05, 3.63) is 39.0 Å². The first-order valence-corrected chi connectivity index (χ1v) is 15.8. The summed E-state index contributed by atoms with van der Waals surface area (Å²) in [4.78, 5) is 33.3. The van der Waals surface area contributed by atoms with Crippen LogP contribution in [0.1, 0.15) is 16.8 Å². The number of hydrogen-bond acceptors (Lipinski definition) is 11. The van der Waals surface area contributed by atoms with Crippen LogP contribution < -0.4 is 16.8 Å². The average molecular weight is 688 g/mol. The van der Waals surface area contributed by atoms with Crippen molar-refractivity contribution in [3.8, 4) is 0 Å². The average Bonchev–Trinajstić information content (AvgIpc) is 3.44. The molecular weight excluding hydrogens is 643 g/mol. The van der Waals surface area contributed by atoms with Gasteiger partial charge in [-0.1, -0.05) is 23.2 Å². The highest BCUT2D eigenvalue weighted by molar-refractivity contribution is 6.45. The molecule has 0 bridgehead atoms. The molecule has 3 rings (SSSR count). The molecule has 0 aliphatic carbocycles. The van der Waals surface area contributed by atoms with E-state index in [1.54, 1.807) is 17.0 Å². The van der Waals surface area contributed by atoms with Crippen LogP contribution >= 0.6 is 23.2 Å². The monoisotopic (exact) mass is 686 g/mol. The quantitative estimate of drug-likeness (QED) is 0.0876. The second-order valence-corrected chi connectivity index (χ2v) is 10.9. The number of nitrogens with zero attached hydrogens (tertiary/aromatic N) is 2. The number of aliphatic hydroxyl groups excluding tert-OH is 1. The molecule has 0 spiro atoms. The van der Waals surface area contributed by atoms with Gasteiger partial charge in [0.2, 0.25) is 11.8 Å². The number of allylic oxidation sites excluding steroid dienone is 1. The van der Waals surface area contributed by atoms with E-state index in [1.165, 1.54) is 6.21 Å². The van der Waals surface area contributed by atoms with Gasteiger partial charge in [0.25, 0.3) is 0 Å². The molecule has 2 aromatic rings. The largest absolute Gasteiger partial charge is 0.398 e. The molecule has 2 amide bonds. The Balaban J connectivity index is 1.32. The molecule has 46 heavy (non-hydrogen) atoms. The molecular formula is C30H44Cl2N6O8. The van der Waals surface area contributed by atoms with E-state index in [9.17, 15) is 14.7 Å². The van der Waals surface area contributed by atoms with Crippen molar-refractivity contribution in [1.29, 1.82) is 0 Å².